The molecule has 0 fully saturated rings. The van der Waals surface area contributed by atoms with Crippen molar-refractivity contribution in [3.63, 3.8) is 0 Å². The summed E-state index contributed by atoms with van der Waals surface area (Å²) in [5, 5.41) is 0.384. The predicted molar refractivity (Wildman–Crippen MR) is 62.1 cm³/mol. The highest BCUT2D eigenvalue weighted by Gasteiger charge is 2.32. The number of fused-ring (bicyclic) bond motifs is 1. The molecule has 0 bridgehead atoms. The second-order valence-corrected chi connectivity index (χ2v) is 4.57. The highest BCUT2D eigenvalue weighted by Crippen LogP contribution is 2.34. The Morgan fingerprint density at radius 3 is 2.71 bits per heavy atom. The summed E-state index contributed by atoms with van der Waals surface area (Å²) in [7, 11) is 0. The normalized spacial score (nSPS) is 12.1. The zero-order valence-electron chi connectivity index (χ0n) is 8.22. The van der Waals surface area contributed by atoms with Crippen molar-refractivity contribution in [2.24, 2.45) is 0 Å². The largest absolute Gasteiger partial charge is 0.301 e. The molecule has 0 amide bonds. The van der Waals surface area contributed by atoms with E-state index in [0.717, 1.165) is 12.1 Å². The number of alkyl halides is 3. The van der Waals surface area contributed by atoms with Crippen molar-refractivity contribution in [3.8, 4) is 0 Å². The van der Waals surface area contributed by atoms with Crippen LogP contribution in [0.2, 0.25) is 5.28 Å². The van der Waals surface area contributed by atoms with E-state index in [0.29, 0.717) is 15.4 Å². The van der Waals surface area contributed by atoms with Gasteiger partial charge in [-0.15, -0.1) is 0 Å². The number of nitrogens with zero attached hydrogens (tertiary/aromatic N) is 2. The van der Waals surface area contributed by atoms with Gasteiger partial charge in [-0.3, -0.25) is 0 Å². The highest BCUT2D eigenvalue weighted by atomic mass is 79.9. The minimum absolute atomic E-state index is 0.0169. The molecule has 0 aliphatic rings. The molecule has 0 unspecified atom stereocenters. The van der Waals surface area contributed by atoms with E-state index >= 15 is 0 Å². The molecule has 1 aromatic carbocycles. The van der Waals surface area contributed by atoms with E-state index in [1.54, 1.807) is 0 Å². The molecule has 0 N–H and O–H groups in total. The van der Waals surface area contributed by atoms with Gasteiger partial charge in [0, 0.05) is 21.6 Å². The topological polar surface area (TPSA) is 25.8 Å². The number of aromatic nitrogens is 2. The smallest absolute Gasteiger partial charge is 0.244 e. The Bertz CT molecular complexity index is 577. The summed E-state index contributed by atoms with van der Waals surface area (Å²) < 4.78 is 39.0. The zero-order chi connectivity index (χ0) is 12.6. The van der Waals surface area contributed by atoms with Crippen molar-refractivity contribution < 1.29 is 13.2 Å². The lowest BCUT2D eigenvalue weighted by Gasteiger charge is -2.13. The molecule has 0 saturated heterocycles. The van der Waals surface area contributed by atoms with Gasteiger partial charge in [0.15, 0.2) is 6.67 Å². The molecule has 90 valence electrons. The molecule has 7 heteroatoms. The number of rotatable bonds is 2. The van der Waals surface area contributed by atoms with Crippen LogP contribution in [0, 0.1) is 0 Å². The van der Waals surface area contributed by atoms with Gasteiger partial charge < -0.3 is 0 Å². The first-order valence-electron chi connectivity index (χ1n) is 4.50. The first-order chi connectivity index (χ1) is 7.94. The maximum absolute atomic E-state index is 13.2. The monoisotopic (exact) mass is 324 g/mol. The van der Waals surface area contributed by atoms with Crippen molar-refractivity contribution in [2.45, 2.75) is 5.92 Å². The highest BCUT2D eigenvalue weighted by molar-refractivity contribution is 9.10. The van der Waals surface area contributed by atoms with Crippen molar-refractivity contribution in [3.05, 3.63) is 33.6 Å². The third-order valence-electron chi connectivity index (χ3n) is 2.20. The van der Waals surface area contributed by atoms with Gasteiger partial charge in [0.05, 0.1) is 5.52 Å². The molecule has 2 aromatic rings. The Hall–Kier alpha value is -0.880. The molecule has 1 aromatic heterocycles. The van der Waals surface area contributed by atoms with Gasteiger partial charge in [-0.25, -0.2) is 14.4 Å². The van der Waals surface area contributed by atoms with Crippen molar-refractivity contribution >= 4 is 38.4 Å². The average Bonchev–Trinajstić information content (AvgIpc) is 2.29. The van der Waals surface area contributed by atoms with Gasteiger partial charge in [0.1, 0.15) is 0 Å². The van der Waals surface area contributed by atoms with E-state index in [9.17, 15) is 13.2 Å². The lowest BCUT2D eigenvalue weighted by atomic mass is 10.1. The summed E-state index contributed by atoms with van der Waals surface area (Å²) in [6.07, 6.45) is 1.31. The fraction of sp³-hybridized carbons (Fsp3) is 0.200. The summed E-state index contributed by atoms with van der Waals surface area (Å²) in [6.45, 7) is -1.75. The van der Waals surface area contributed by atoms with Crippen LogP contribution in [0.1, 0.15) is 5.56 Å². The third-order valence-corrected chi connectivity index (χ3v) is 2.98. The van der Waals surface area contributed by atoms with Gasteiger partial charge in [0.2, 0.25) is 5.28 Å². The van der Waals surface area contributed by atoms with Crippen LogP contribution < -0.4 is 0 Å². The van der Waals surface area contributed by atoms with Crippen molar-refractivity contribution in [1.29, 1.82) is 0 Å². The molecule has 0 atom stereocenters. The number of halogens is 5. The molecule has 0 saturated carbocycles. The maximum Gasteiger partial charge on any atom is 0.301 e. The van der Waals surface area contributed by atoms with Gasteiger partial charge >= 0.3 is 5.92 Å². The van der Waals surface area contributed by atoms with Crippen LogP contribution in [0.3, 0.4) is 0 Å². The van der Waals surface area contributed by atoms with Gasteiger partial charge in [-0.05, 0) is 39.7 Å². The molecule has 17 heavy (non-hydrogen) atoms. The second kappa shape index (κ2) is 4.42. The fourth-order valence-corrected chi connectivity index (χ4v) is 2.07. The van der Waals surface area contributed by atoms with Crippen LogP contribution in [-0.2, 0) is 5.92 Å². The van der Waals surface area contributed by atoms with Crippen LogP contribution in [0.25, 0.3) is 10.9 Å². The zero-order valence-corrected chi connectivity index (χ0v) is 10.6. The number of hydrogen-bond acceptors (Lipinski definition) is 2. The molecule has 2 nitrogen and oxygen atoms in total. The summed E-state index contributed by atoms with van der Waals surface area (Å²) >= 11 is 8.70. The summed E-state index contributed by atoms with van der Waals surface area (Å²) in [5.74, 6) is -3.52. The van der Waals surface area contributed by atoms with E-state index < -0.39 is 18.2 Å². The minimum atomic E-state index is -3.52. The minimum Gasteiger partial charge on any atom is -0.244 e. The lowest BCUT2D eigenvalue weighted by Crippen LogP contribution is -2.15. The molecule has 0 aliphatic carbocycles. The fourth-order valence-electron chi connectivity index (χ4n) is 1.37. The number of hydrogen-bond donors (Lipinski definition) is 0. The summed E-state index contributed by atoms with van der Waals surface area (Å²) in [5.41, 5.74) is -0.0197. The Balaban J connectivity index is 2.68. The Labute approximate surface area is 108 Å². The second-order valence-electron chi connectivity index (χ2n) is 3.37. The predicted octanol–water partition coefficient (Wildman–Crippen LogP) is 4.11. The van der Waals surface area contributed by atoms with E-state index in [1.807, 2.05) is 0 Å². The van der Waals surface area contributed by atoms with Crippen molar-refractivity contribution in [1.82, 2.24) is 9.97 Å². The van der Waals surface area contributed by atoms with E-state index in [4.69, 9.17) is 11.6 Å². The molecular formula is C10H5BrClF3N2. The molecular weight excluding hydrogens is 320 g/mol. The van der Waals surface area contributed by atoms with E-state index in [1.165, 1.54) is 6.20 Å². The van der Waals surface area contributed by atoms with Crippen LogP contribution in [-0.4, -0.2) is 16.6 Å². The standard InChI is InChI=1S/C10H5BrClF3N2/c11-7-2-6(10(14,15)4-13)1-5-3-16-9(12)17-8(5)7/h1-3H,4H2. The molecule has 0 radical (unpaired) electrons. The Kier molecular flexibility index (Phi) is 3.27. The summed E-state index contributed by atoms with van der Waals surface area (Å²) in [6, 6.07) is 2.28. The maximum atomic E-state index is 13.2. The van der Waals surface area contributed by atoms with Gasteiger partial charge in [-0.1, -0.05) is 0 Å². The Morgan fingerprint density at radius 2 is 2.06 bits per heavy atom. The Morgan fingerprint density at radius 1 is 1.35 bits per heavy atom. The van der Waals surface area contributed by atoms with Crippen LogP contribution >= 0.6 is 27.5 Å². The molecule has 0 spiro atoms. The van der Waals surface area contributed by atoms with Crippen molar-refractivity contribution in [2.75, 3.05) is 6.67 Å². The van der Waals surface area contributed by atoms with Gasteiger partial charge in [0.25, 0.3) is 0 Å². The van der Waals surface area contributed by atoms with Gasteiger partial charge in [-0.2, -0.15) is 8.78 Å². The van der Waals surface area contributed by atoms with E-state index in [2.05, 4.69) is 25.9 Å². The first kappa shape index (κ1) is 12.6. The summed E-state index contributed by atoms with van der Waals surface area (Å²) in [4.78, 5) is 7.59. The molecule has 0 aliphatic heterocycles. The lowest BCUT2D eigenvalue weighted by molar-refractivity contribution is -0.0280. The van der Waals surface area contributed by atoms with E-state index in [-0.39, 0.29) is 5.28 Å². The SMILES string of the molecule is FCC(F)(F)c1cc(Br)c2nc(Cl)ncc2c1. The van der Waals surface area contributed by atoms with Crippen LogP contribution in [0.5, 0.6) is 0 Å². The average molecular weight is 326 g/mol. The van der Waals surface area contributed by atoms with Crippen LogP contribution in [0.4, 0.5) is 13.2 Å². The molecule has 2 rings (SSSR count). The number of benzene rings is 1. The third kappa shape index (κ3) is 2.37. The first-order valence-corrected chi connectivity index (χ1v) is 5.67. The van der Waals surface area contributed by atoms with Crippen LogP contribution in [0.15, 0.2) is 22.8 Å². The molecule has 1 heterocycles. The quantitative estimate of drug-likeness (QED) is 0.777.